The number of halogens is 2. The maximum Gasteiger partial charge on any atom is 0.137 e. The summed E-state index contributed by atoms with van der Waals surface area (Å²) >= 11 is 13.2. The normalized spacial score (nSPS) is 11.1. The first-order valence-corrected chi connectivity index (χ1v) is 11.4. The van der Waals surface area contributed by atoms with Crippen molar-refractivity contribution in [1.82, 2.24) is 0 Å². The number of benzene rings is 3. The van der Waals surface area contributed by atoms with Gasteiger partial charge in [0.15, 0.2) is 0 Å². The van der Waals surface area contributed by atoms with E-state index in [0.717, 1.165) is 29.5 Å². The summed E-state index contributed by atoms with van der Waals surface area (Å²) in [6.45, 7) is 10.7. The third-order valence-corrected chi connectivity index (χ3v) is 6.12. The zero-order valence-corrected chi connectivity index (χ0v) is 19.8. The van der Waals surface area contributed by atoms with Crippen LogP contribution in [0.1, 0.15) is 36.5 Å². The minimum atomic E-state index is -0.478. The number of hydrogen-bond acceptors (Lipinski definition) is 2. The Morgan fingerprint density at radius 2 is 1.19 bits per heavy atom. The lowest BCUT2D eigenvalue weighted by molar-refractivity contribution is 0.325. The van der Waals surface area contributed by atoms with Crippen LogP contribution in [0.15, 0.2) is 92.0 Å². The molecule has 0 amide bonds. The number of ether oxygens (including phenoxy) is 2. The lowest BCUT2D eigenvalue weighted by Crippen LogP contribution is -2.25. The molecule has 0 aliphatic carbocycles. The highest BCUT2D eigenvalue weighted by Crippen LogP contribution is 2.43. The summed E-state index contributed by atoms with van der Waals surface area (Å²) < 4.78 is 11.6. The molecule has 3 aromatic rings. The molecule has 0 N–H and O–H groups in total. The quantitative estimate of drug-likeness (QED) is 0.161. The first-order valence-electron chi connectivity index (χ1n) is 10.6. The van der Waals surface area contributed by atoms with Gasteiger partial charge in [0, 0.05) is 5.41 Å². The Bertz CT molecular complexity index is 997. The average Bonchev–Trinajstić information content (AvgIpc) is 2.81. The summed E-state index contributed by atoms with van der Waals surface area (Å²) in [5.74, 6) is 1.33. The molecule has 166 valence electrons. The van der Waals surface area contributed by atoms with E-state index in [2.05, 4.69) is 44.3 Å². The monoisotopic (exact) mass is 466 g/mol. The molecular weight excluding hydrogens is 439 g/mol. The Kier molecular flexibility index (Phi) is 8.44. The van der Waals surface area contributed by atoms with Crippen molar-refractivity contribution in [3.8, 4) is 11.5 Å². The molecule has 4 heteroatoms. The smallest absolute Gasteiger partial charge is 0.137 e. The van der Waals surface area contributed by atoms with E-state index in [4.69, 9.17) is 32.7 Å². The van der Waals surface area contributed by atoms with Gasteiger partial charge < -0.3 is 9.47 Å². The predicted octanol–water partition coefficient (Wildman–Crippen LogP) is 8.26. The molecule has 0 aromatic heterocycles. The average molecular weight is 467 g/mol. The zero-order valence-electron chi connectivity index (χ0n) is 18.3. The highest BCUT2D eigenvalue weighted by molar-refractivity contribution is 6.32. The topological polar surface area (TPSA) is 18.5 Å². The van der Waals surface area contributed by atoms with Crippen molar-refractivity contribution in [2.45, 2.75) is 25.2 Å². The molecular formula is C28H28Cl2O2. The largest absolute Gasteiger partial charge is 0.492 e. The van der Waals surface area contributed by atoms with Gasteiger partial charge in [-0.1, -0.05) is 77.8 Å². The van der Waals surface area contributed by atoms with Crippen molar-refractivity contribution in [1.29, 1.82) is 0 Å². The number of rotatable bonds is 11. The van der Waals surface area contributed by atoms with Gasteiger partial charge in [-0.2, -0.15) is 0 Å². The molecule has 0 spiro atoms. The lowest BCUT2D eigenvalue weighted by atomic mass is 9.71. The van der Waals surface area contributed by atoms with Crippen LogP contribution in [-0.4, -0.2) is 13.2 Å². The molecule has 2 nitrogen and oxygen atoms in total. The molecule has 3 rings (SSSR count). The SMILES string of the molecule is C=CCCOc1ccc(C(C)(c2ccccc2)c2ccc(OCCC=C)c(Cl)c2)cc1Cl. The summed E-state index contributed by atoms with van der Waals surface area (Å²) in [6, 6.07) is 22.2. The van der Waals surface area contributed by atoms with Gasteiger partial charge in [-0.25, -0.2) is 0 Å². The van der Waals surface area contributed by atoms with Crippen molar-refractivity contribution in [3.63, 3.8) is 0 Å². The third kappa shape index (κ3) is 5.38. The van der Waals surface area contributed by atoms with Gasteiger partial charge in [0.25, 0.3) is 0 Å². The molecule has 0 heterocycles. The molecule has 0 aliphatic rings. The van der Waals surface area contributed by atoms with Gasteiger partial charge in [0.1, 0.15) is 11.5 Å². The van der Waals surface area contributed by atoms with E-state index in [0.29, 0.717) is 34.8 Å². The molecule has 0 aliphatic heterocycles. The van der Waals surface area contributed by atoms with Gasteiger partial charge in [-0.3, -0.25) is 0 Å². The van der Waals surface area contributed by atoms with Crippen molar-refractivity contribution < 1.29 is 9.47 Å². The van der Waals surface area contributed by atoms with Crippen molar-refractivity contribution in [2.24, 2.45) is 0 Å². The van der Waals surface area contributed by atoms with E-state index in [-0.39, 0.29) is 0 Å². The number of hydrogen-bond donors (Lipinski definition) is 0. The third-order valence-electron chi connectivity index (χ3n) is 5.53. The Labute approximate surface area is 201 Å². The van der Waals surface area contributed by atoms with Crippen LogP contribution in [0.4, 0.5) is 0 Å². The summed E-state index contributed by atoms with van der Waals surface area (Å²) in [5, 5.41) is 1.15. The van der Waals surface area contributed by atoms with Crippen LogP contribution in [-0.2, 0) is 5.41 Å². The van der Waals surface area contributed by atoms with Crippen LogP contribution in [0.25, 0.3) is 0 Å². The predicted molar refractivity (Wildman–Crippen MR) is 136 cm³/mol. The summed E-state index contributed by atoms with van der Waals surface area (Å²) in [4.78, 5) is 0. The van der Waals surface area contributed by atoms with Gasteiger partial charge >= 0.3 is 0 Å². The Morgan fingerprint density at radius 1 is 0.719 bits per heavy atom. The molecule has 3 aromatic carbocycles. The highest BCUT2D eigenvalue weighted by Gasteiger charge is 2.32. The fraction of sp³-hybridized carbons (Fsp3) is 0.214. The fourth-order valence-corrected chi connectivity index (χ4v) is 4.10. The minimum Gasteiger partial charge on any atom is -0.492 e. The van der Waals surface area contributed by atoms with Gasteiger partial charge in [0.05, 0.1) is 23.3 Å². The molecule has 0 saturated carbocycles. The van der Waals surface area contributed by atoms with E-state index in [1.165, 1.54) is 0 Å². The standard InChI is InChI=1S/C28H28Cl2O2/c1-4-6-17-31-26-15-13-22(19-24(26)29)28(3,21-11-9-8-10-12-21)23-14-16-27(25(30)20-23)32-18-7-5-2/h4-5,8-16,19-20H,1-2,6-7,17-18H2,3H3. The maximum absolute atomic E-state index is 6.61. The maximum atomic E-state index is 6.61. The van der Waals surface area contributed by atoms with Gasteiger partial charge in [0.2, 0.25) is 0 Å². The van der Waals surface area contributed by atoms with Crippen molar-refractivity contribution in [2.75, 3.05) is 13.2 Å². The summed E-state index contributed by atoms with van der Waals surface area (Å²) in [6.07, 6.45) is 5.17. The summed E-state index contributed by atoms with van der Waals surface area (Å²) in [7, 11) is 0. The first kappa shape index (κ1) is 24.0. The summed E-state index contributed by atoms with van der Waals surface area (Å²) in [5.41, 5.74) is 2.74. The second-order valence-corrected chi connectivity index (χ2v) is 8.45. The van der Waals surface area contributed by atoms with Crippen molar-refractivity contribution in [3.05, 3.63) is 119 Å². The van der Waals surface area contributed by atoms with E-state index in [1.807, 2.05) is 54.6 Å². The molecule has 32 heavy (non-hydrogen) atoms. The lowest BCUT2D eigenvalue weighted by Gasteiger charge is -2.32. The van der Waals surface area contributed by atoms with E-state index >= 15 is 0 Å². The molecule has 0 atom stereocenters. The Morgan fingerprint density at radius 3 is 1.59 bits per heavy atom. The van der Waals surface area contributed by atoms with Crippen molar-refractivity contribution >= 4 is 23.2 Å². The molecule has 0 radical (unpaired) electrons. The Balaban J connectivity index is 2.03. The van der Waals surface area contributed by atoms with Crippen LogP contribution in [0.3, 0.4) is 0 Å². The second-order valence-electron chi connectivity index (χ2n) is 7.63. The zero-order chi connectivity index (χ0) is 23.0. The van der Waals surface area contributed by atoms with Crippen LogP contribution in [0, 0.1) is 0 Å². The van der Waals surface area contributed by atoms with Crippen LogP contribution in [0.2, 0.25) is 10.0 Å². The minimum absolute atomic E-state index is 0.478. The molecule has 0 saturated heterocycles. The Hall–Kier alpha value is -2.68. The molecule has 0 fully saturated rings. The van der Waals surface area contributed by atoms with Crippen LogP contribution >= 0.6 is 23.2 Å². The molecule has 0 unspecified atom stereocenters. The van der Waals surface area contributed by atoms with E-state index < -0.39 is 5.41 Å². The van der Waals surface area contributed by atoms with Gasteiger partial charge in [-0.05, 0) is 60.7 Å². The fourth-order valence-electron chi connectivity index (χ4n) is 3.63. The molecule has 0 bridgehead atoms. The van der Waals surface area contributed by atoms with Crippen LogP contribution in [0.5, 0.6) is 11.5 Å². The first-order chi connectivity index (χ1) is 15.5. The highest BCUT2D eigenvalue weighted by atomic mass is 35.5. The van der Waals surface area contributed by atoms with Gasteiger partial charge in [-0.15, -0.1) is 13.2 Å². The van der Waals surface area contributed by atoms with E-state index in [1.54, 1.807) is 0 Å². The van der Waals surface area contributed by atoms with E-state index in [9.17, 15) is 0 Å². The van der Waals surface area contributed by atoms with Crippen LogP contribution < -0.4 is 9.47 Å². The second kappa shape index (κ2) is 11.3.